The SMILES string of the molecule is Cc1cc2c(o1)N(c1c(C)cc(C(C)(C)C)cc1C)c1ccccc1[Se]2. The first-order valence-electron chi connectivity index (χ1n) is 9.05. The van der Waals surface area contributed by atoms with Crippen LogP contribution in [0, 0.1) is 20.8 Å². The van der Waals surface area contributed by atoms with Gasteiger partial charge in [0, 0.05) is 0 Å². The molecule has 0 atom stereocenters. The number of anilines is 3. The zero-order chi connectivity index (χ0) is 18.6. The average molecular weight is 410 g/mol. The molecule has 0 unspecified atom stereocenters. The van der Waals surface area contributed by atoms with Gasteiger partial charge in [-0.1, -0.05) is 0 Å². The molecule has 0 saturated heterocycles. The number of hydrogen-bond donors (Lipinski definition) is 0. The van der Waals surface area contributed by atoms with Crippen LogP contribution in [0.1, 0.15) is 43.2 Å². The number of aryl methyl sites for hydroxylation is 3. The fraction of sp³-hybridized carbons (Fsp3) is 0.304. The molecule has 4 rings (SSSR count). The molecule has 2 nitrogen and oxygen atoms in total. The van der Waals surface area contributed by atoms with E-state index in [1.807, 2.05) is 6.92 Å². The molecule has 0 spiro atoms. The molecule has 1 aromatic heterocycles. The molecule has 2 heterocycles. The molecular formula is C23H25NOSe. The van der Waals surface area contributed by atoms with Gasteiger partial charge in [-0.25, -0.2) is 0 Å². The second kappa shape index (κ2) is 6.04. The van der Waals surface area contributed by atoms with Gasteiger partial charge in [-0.2, -0.15) is 0 Å². The van der Waals surface area contributed by atoms with Crippen LogP contribution in [0.3, 0.4) is 0 Å². The van der Waals surface area contributed by atoms with Crippen LogP contribution >= 0.6 is 0 Å². The van der Waals surface area contributed by atoms with Gasteiger partial charge in [0.1, 0.15) is 0 Å². The van der Waals surface area contributed by atoms with Gasteiger partial charge in [-0.15, -0.1) is 0 Å². The van der Waals surface area contributed by atoms with E-state index < -0.39 is 0 Å². The first kappa shape index (κ1) is 17.5. The summed E-state index contributed by atoms with van der Waals surface area (Å²) < 4.78 is 8.91. The number of nitrogens with zero attached hydrogens (tertiary/aromatic N) is 1. The van der Waals surface area contributed by atoms with E-state index in [2.05, 4.69) is 82.0 Å². The summed E-state index contributed by atoms with van der Waals surface area (Å²) in [6, 6.07) is 15.6. The zero-order valence-electron chi connectivity index (χ0n) is 16.3. The molecule has 2 aromatic carbocycles. The predicted octanol–water partition coefficient (Wildman–Crippen LogP) is 4.94. The van der Waals surface area contributed by atoms with Crippen LogP contribution < -0.4 is 13.8 Å². The molecule has 26 heavy (non-hydrogen) atoms. The summed E-state index contributed by atoms with van der Waals surface area (Å²) in [6.07, 6.45) is 0. The molecule has 0 aliphatic carbocycles. The molecule has 0 bridgehead atoms. The molecule has 1 aliphatic rings. The van der Waals surface area contributed by atoms with Gasteiger partial charge < -0.3 is 0 Å². The summed E-state index contributed by atoms with van der Waals surface area (Å²) in [6.45, 7) is 13.3. The van der Waals surface area contributed by atoms with Crippen molar-refractivity contribution in [1.82, 2.24) is 0 Å². The van der Waals surface area contributed by atoms with Crippen LogP contribution in [-0.4, -0.2) is 15.0 Å². The normalized spacial score (nSPS) is 13.5. The monoisotopic (exact) mass is 411 g/mol. The number of hydrogen-bond acceptors (Lipinski definition) is 2. The van der Waals surface area contributed by atoms with E-state index in [0.717, 1.165) is 11.6 Å². The molecule has 0 saturated carbocycles. The Balaban J connectivity index is 1.97. The van der Waals surface area contributed by atoms with Gasteiger partial charge in [0.15, 0.2) is 0 Å². The summed E-state index contributed by atoms with van der Waals surface area (Å²) in [5, 5.41) is 0. The van der Waals surface area contributed by atoms with Crippen LogP contribution in [0.15, 0.2) is 46.9 Å². The molecule has 3 heteroatoms. The number of furan rings is 1. The third-order valence-electron chi connectivity index (χ3n) is 4.91. The molecule has 0 amide bonds. The number of rotatable bonds is 1. The maximum atomic E-state index is 6.18. The van der Waals surface area contributed by atoms with Crippen molar-refractivity contribution < 1.29 is 4.42 Å². The number of fused-ring (bicyclic) bond motifs is 2. The van der Waals surface area contributed by atoms with Crippen LogP contribution in [-0.2, 0) is 5.41 Å². The summed E-state index contributed by atoms with van der Waals surface area (Å²) in [4.78, 5) is 2.33. The Morgan fingerprint density at radius 1 is 0.885 bits per heavy atom. The second-order valence-electron chi connectivity index (χ2n) is 8.14. The molecule has 0 fully saturated rings. The molecular weight excluding hydrogens is 385 g/mol. The van der Waals surface area contributed by atoms with Crippen LogP contribution in [0.5, 0.6) is 0 Å². The number of para-hydroxylation sites is 1. The molecule has 0 radical (unpaired) electrons. The fourth-order valence-corrected chi connectivity index (χ4v) is 5.92. The van der Waals surface area contributed by atoms with Crippen molar-refractivity contribution >= 4 is 41.1 Å². The zero-order valence-corrected chi connectivity index (χ0v) is 18.0. The summed E-state index contributed by atoms with van der Waals surface area (Å²) in [5.41, 5.74) is 6.60. The number of benzene rings is 2. The Morgan fingerprint density at radius 3 is 2.19 bits per heavy atom. The van der Waals surface area contributed by atoms with Crippen molar-refractivity contribution in [3.8, 4) is 0 Å². The quantitative estimate of drug-likeness (QED) is 0.413. The van der Waals surface area contributed by atoms with Crippen molar-refractivity contribution in [1.29, 1.82) is 0 Å². The van der Waals surface area contributed by atoms with Crippen molar-refractivity contribution in [2.75, 3.05) is 4.90 Å². The van der Waals surface area contributed by atoms with Crippen molar-refractivity contribution in [2.24, 2.45) is 0 Å². The molecule has 3 aromatic rings. The third kappa shape index (κ3) is 2.80. The maximum absolute atomic E-state index is 6.18. The average Bonchev–Trinajstić information content (AvgIpc) is 2.92. The van der Waals surface area contributed by atoms with Crippen LogP contribution in [0.4, 0.5) is 17.3 Å². The van der Waals surface area contributed by atoms with Gasteiger partial charge in [0.25, 0.3) is 0 Å². The van der Waals surface area contributed by atoms with Crippen LogP contribution in [0.2, 0.25) is 0 Å². The van der Waals surface area contributed by atoms with Gasteiger partial charge >= 0.3 is 162 Å². The standard InChI is InChI=1S/C23H25NOSe/c1-14-11-17(23(4,5)6)12-15(2)21(14)24-18-9-7-8-10-19(18)26-20-13-16(3)25-22(20)24/h7-13H,1-6H3. The molecule has 0 N–H and O–H groups in total. The summed E-state index contributed by atoms with van der Waals surface area (Å²) in [5.74, 6) is 1.98. The Labute approximate surface area is 162 Å². The van der Waals surface area contributed by atoms with Crippen molar-refractivity contribution in [3.05, 3.63) is 64.9 Å². The molecule has 1 aliphatic heterocycles. The second-order valence-corrected chi connectivity index (χ2v) is 10.4. The van der Waals surface area contributed by atoms with E-state index in [1.165, 1.54) is 37.0 Å². The van der Waals surface area contributed by atoms with E-state index >= 15 is 0 Å². The Kier molecular flexibility index (Phi) is 4.06. The summed E-state index contributed by atoms with van der Waals surface area (Å²) >= 11 is 0.285. The minimum absolute atomic E-state index is 0.142. The van der Waals surface area contributed by atoms with Crippen LogP contribution in [0.25, 0.3) is 0 Å². The summed E-state index contributed by atoms with van der Waals surface area (Å²) in [7, 11) is 0. The van der Waals surface area contributed by atoms with E-state index in [-0.39, 0.29) is 20.4 Å². The third-order valence-corrected chi connectivity index (χ3v) is 7.17. The van der Waals surface area contributed by atoms with E-state index in [0.29, 0.717) is 0 Å². The van der Waals surface area contributed by atoms with Gasteiger partial charge in [0.2, 0.25) is 0 Å². The van der Waals surface area contributed by atoms with Gasteiger partial charge in [-0.05, 0) is 0 Å². The van der Waals surface area contributed by atoms with E-state index in [1.54, 1.807) is 0 Å². The topological polar surface area (TPSA) is 16.4 Å². The van der Waals surface area contributed by atoms with E-state index in [9.17, 15) is 0 Å². The molecule has 134 valence electrons. The first-order valence-corrected chi connectivity index (χ1v) is 10.8. The van der Waals surface area contributed by atoms with Crippen molar-refractivity contribution in [3.63, 3.8) is 0 Å². The van der Waals surface area contributed by atoms with E-state index in [4.69, 9.17) is 4.42 Å². The predicted molar refractivity (Wildman–Crippen MR) is 111 cm³/mol. The first-order chi connectivity index (χ1) is 12.3. The Hall–Kier alpha value is -1.96. The Morgan fingerprint density at radius 2 is 1.54 bits per heavy atom. The van der Waals surface area contributed by atoms with Crippen molar-refractivity contribution in [2.45, 2.75) is 47.0 Å². The van der Waals surface area contributed by atoms with Gasteiger partial charge in [0.05, 0.1) is 0 Å². The van der Waals surface area contributed by atoms with Gasteiger partial charge in [-0.3, -0.25) is 0 Å². The fourth-order valence-electron chi connectivity index (χ4n) is 3.63. The minimum atomic E-state index is 0.142. The Bertz CT molecular complexity index is 971.